The van der Waals surface area contributed by atoms with Crippen molar-refractivity contribution in [2.75, 3.05) is 14.2 Å². The molecule has 0 bridgehead atoms. The van der Waals surface area contributed by atoms with E-state index in [2.05, 4.69) is 9.73 Å². The normalized spacial score (nSPS) is 11.5. The van der Waals surface area contributed by atoms with Crippen LogP contribution < -0.4 is 5.73 Å². The quantitative estimate of drug-likeness (QED) is 0.519. The largest absolute Gasteiger partial charge is 0.464 e. The first kappa shape index (κ1) is 14.2. The van der Waals surface area contributed by atoms with Gasteiger partial charge in [-0.15, -0.1) is 0 Å². The van der Waals surface area contributed by atoms with Crippen LogP contribution in [-0.2, 0) is 9.53 Å². The van der Waals surface area contributed by atoms with E-state index in [1.54, 1.807) is 6.92 Å². The number of hydrogen-bond donors (Lipinski definition) is 1. The lowest BCUT2D eigenvalue weighted by molar-refractivity contribution is -0.132. The van der Waals surface area contributed by atoms with Crippen molar-refractivity contribution in [3.8, 4) is 0 Å². The summed E-state index contributed by atoms with van der Waals surface area (Å²) in [6.45, 7) is 5.69. The Morgan fingerprint density at radius 3 is 2.15 bits per heavy atom. The molecule has 0 saturated heterocycles. The minimum absolute atomic E-state index is 0.259. The highest BCUT2D eigenvalue weighted by molar-refractivity contribution is 6.42. The van der Waals surface area contributed by atoms with Crippen molar-refractivity contribution >= 4 is 11.7 Å². The zero-order chi connectivity index (χ0) is 10.9. The molecule has 0 rings (SSSR count). The fraction of sp³-hybridized carbons (Fsp3) is 0.556. The van der Waals surface area contributed by atoms with Gasteiger partial charge in [0.15, 0.2) is 0 Å². The predicted octanol–water partition coefficient (Wildman–Crippen LogP) is 1.12. The highest BCUT2D eigenvalue weighted by Gasteiger charge is 2.11. The van der Waals surface area contributed by atoms with Crippen molar-refractivity contribution in [3.63, 3.8) is 0 Å². The lowest BCUT2D eigenvalue weighted by Gasteiger charge is -2.01. The number of esters is 1. The maximum Gasteiger partial charge on any atom is 0.356 e. The molecule has 0 aromatic rings. The Morgan fingerprint density at radius 1 is 1.46 bits per heavy atom. The van der Waals surface area contributed by atoms with Gasteiger partial charge in [-0.1, -0.05) is 13.8 Å². The molecule has 0 amide bonds. The molecule has 0 aliphatic heterocycles. The van der Waals surface area contributed by atoms with Gasteiger partial charge in [0.25, 0.3) is 0 Å². The molecule has 0 spiro atoms. The Morgan fingerprint density at radius 2 is 1.92 bits per heavy atom. The molecule has 0 aliphatic rings. The molecule has 0 saturated carbocycles. The molecule has 76 valence electrons. The highest BCUT2D eigenvalue weighted by atomic mass is 16.5. The number of nitrogens with zero attached hydrogens (tertiary/aromatic N) is 1. The van der Waals surface area contributed by atoms with E-state index in [9.17, 15) is 4.79 Å². The molecule has 0 aromatic heterocycles. The Balaban J connectivity index is 0. The van der Waals surface area contributed by atoms with Gasteiger partial charge in [-0.2, -0.15) is 0 Å². The predicted molar refractivity (Wildman–Crippen MR) is 54.7 cm³/mol. The van der Waals surface area contributed by atoms with Gasteiger partial charge in [0.1, 0.15) is 5.71 Å². The first-order chi connectivity index (χ1) is 6.17. The number of carbonyl (C=O) groups excluding carboxylic acids is 1. The summed E-state index contributed by atoms with van der Waals surface area (Å²) in [6.07, 6.45) is 1.32. The van der Waals surface area contributed by atoms with Gasteiger partial charge in [0.2, 0.25) is 0 Å². The molecule has 0 fully saturated rings. The van der Waals surface area contributed by atoms with E-state index in [1.165, 1.54) is 20.4 Å². The first-order valence-corrected chi connectivity index (χ1v) is 4.11. The van der Waals surface area contributed by atoms with Crippen LogP contribution in [0.15, 0.2) is 16.8 Å². The first-order valence-electron chi connectivity index (χ1n) is 4.11. The summed E-state index contributed by atoms with van der Waals surface area (Å²) in [4.78, 5) is 14.6. The number of nitrogens with two attached hydrogens (primary N) is 1. The molecule has 0 radical (unpaired) electrons. The molecule has 4 nitrogen and oxygen atoms in total. The van der Waals surface area contributed by atoms with E-state index in [-0.39, 0.29) is 5.71 Å². The van der Waals surface area contributed by atoms with Crippen LogP contribution in [0.1, 0.15) is 20.8 Å². The maximum absolute atomic E-state index is 10.9. The third-order valence-electron chi connectivity index (χ3n) is 1.23. The van der Waals surface area contributed by atoms with Crippen LogP contribution in [0.4, 0.5) is 0 Å². The summed E-state index contributed by atoms with van der Waals surface area (Å²) in [5, 5.41) is 0. The van der Waals surface area contributed by atoms with Gasteiger partial charge in [0, 0.05) is 7.05 Å². The van der Waals surface area contributed by atoms with Crippen LogP contribution in [0.2, 0.25) is 0 Å². The van der Waals surface area contributed by atoms with E-state index in [1.807, 2.05) is 13.8 Å². The van der Waals surface area contributed by atoms with Crippen molar-refractivity contribution in [2.45, 2.75) is 20.8 Å². The van der Waals surface area contributed by atoms with Crippen LogP contribution in [0, 0.1) is 0 Å². The summed E-state index contributed by atoms with van der Waals surface area (Å²) in [5.41, 5.74) is 6.06. The van der Waals surface area contributed by atoms with Crippen LogP contribution in [0.5, 0.6) is 0 Å². The van der Waals surface area contributed by atoms with Gasteiger partial charge in [-0.05, 0) is 18.7 Å². The molecule has 0 aromatic carbocycles. The second kappa shape index (κ2) is 8.77. The standard InChI is InChI=1S/C7H12N2O2.C2H6/c1-5(4-8)6(9-2)7(10)11-3;1-2/h4H,8H2,1-3H3;1-2H3/b5-4-,9-6?;. The smallest absolute Gasteiger partial charge is 0.356 e. The Labute approximate surface area is 79.5 Å². The van der Waals surface area contributed by atoms with Crippen molar-refractivity contribution in [1.29, 1.82) is 0 Å². The third-order valence-corrected chi connectivity index (χ3v) is 1.23. The van der Waals surface area contributed by atoms with Crippen LogP contribution in [0.25, 0.3) is 0 Å². The number of carbonyl (C=O) groups is 1. The average Bonchev–Trinajstić information content (AvgIpc) is 2.21. The zero-order valence-electron chi connectivity index (χ0n) is 8.92. The molecular weight excluding hydrogens is 168 g/mol. The summed E-state index contributed by atoms with van der Waals surface area (Å²) >= 11 is 0. The monoisotopic (exact) mass is 186 g/mol. The van der Waals surface area contributed by atoms with E-state index >= 15 is 0 Å². The average molecular weight is 186 g/mol. The van der Waals surface area contributed by atoms with E-state index in [4.69, 9.17) is 5.73 Å². The Kier molecular flexibility index (Phi) is 9.60. The Hall–Kier alpha value is -1.32. The summed E-state index contributed by atoms with van der Waals surface area (Å²) in [5.74, 6) is -0.466. The van der Waals surface area contributed by atoms with Crippen molar-refractivity contribution < 1.29 is 9.53 Å². The number of methoxy groups -OCH3 is 1. The lowest BCUT2D eigenvalue weighted by Crippen LogP contribution is -2.17. The van der Waals surface area contributed by atoms with Gasteiger partial charge < -0.3 is 10.5 Å². The molecule has 0 unspecified atom stereocenters. The number of hydrogen-bond acceptors (Lipinski definition) is 4. The summed E-state index contributed by atoms with van der Waals surface area (Å²) in [6, 6.07) is 0. The van der Waals surface area contributed by atoms with Crippen LogP contribution in [0.3, 0.4) is 0 Å². The molecular formula is C9H18N2O2. The third kappa shape index (κ3) is 5.00. The van der Waals surface area contributed by atoms with Gasteiger partial charge in [-0.3, -0.25) is 4.99 Å². The molecule has 0 atom stereocenters. The SMILES string of the molecule is CC.CN=C(C(=O)OC)/C(C)=C\N. The van der Waals surface area contributed by atoms with Crippen molar-refractivity contribution in [2.24, 2.45) is 10.7 Å². The highest BCUT2D eigenvalue weighted by Crippen LogP contribution is 1.96. The van der Waals surface area contributed by atoms with Gasteiger partial charge in [0.05, 0.1) is 7.11 Å². The minimum atomic E-state index is -0.466. The molecule has 0 heterocycles. The van der Waals surface area contributed by atoms with E-state index < -0.39 is 5.97 Å². The van der Waals surface area contributed by atoms with Crippen LogP contribution in [-0.4, -0.2) is 25.8 Å². The zero-order valence-corrected chi connectivity index (χ0v) is 8.92. The number of rotatable bonds is 2. The fourth-order valence-corrected chi connectivity index (χ4v) is 0.604. The summed E-state index contributed by atoms with van der Waals surface area (Å²) < 4.78 is 4.46. The van der Waals surface area contributed by atoms with Crippen LogP contribution >= 0.6 is 0 Å². The topological polar surface area (TPSA) is 64.7 Å². The van der Waals surface area contributed by atoms with Gasteiger partial charge in [-0.25, -0.2) is 4.79 Å². The number of ether oxygens (including phenoxy) is 1. The molecule has 0 aliphatic carbocycles. The second-order valence-corrected chi connectivity index (χ2v) is 1.91. The molecule has 2 N–H and O–H groups in total. The van der Waals surface area contributed by atoms with Crippen molar-refractivity contribution in [3.05, 3.63) is 11.8 Å². The Bertz CT molecular complexity index is 208. The van der Waals surface area contributed by atoms with Gasteiger partial charge >= 0.3 is 5.97 Å². The number of aliphatic imine (C=N–C) groups is 1. The lowest BCUT2D eigenvalue weighted by atomic mass is 10.2. The van der Waals surface area contributed by atoms with Crippen molar-refractivity contribution in [1.82, 2.24) is 0 Å². The molecule has 13 heavy (non-hydrogen) atoms. The fourth-order valence-electron chi connectivity index (χ4n) is 0.604. The van der Waals surface area contributed by atoms with E-state index in [0.717, 1.165) is 0 Å². The summed E-state index contributed by atoms with van der Waals surface area (Å²) in [7, 11) is 2.82. The van der Waals surface area contributed by atoms with E-state index in [0.29, 0.717) is 5.57 Å². The molecule has 4 heteroatoms. The maximum atomic E-state index is 10.9. The minimum Gasteiger partial charge on any atom is -0.464 e. The second-order valence-electron chi connectivity index (χ2n) is 1.91.